The number of benzene rings is 2. The number of aromatic nitrogens is 1. The van der Waals surface area contributed by atoms with E-state index in [0.717, 1.165) is 6.92 Å². The predicted octanol–water partition coefficient (Wildman–Crippen LogP) is 2.09. The van der Waals surface area contributed by atoms with E-state index in [9.17, 15) is 9.90 Å². The normalized spacial score (nSPS) is 10.1. The van der Waals surface area contributed by atoms with Gasteiger partial charge in [-0.15, -0.1) is 0 Å². The molecule has 1 aliphatic carbocycles. The van der Waals surface area contributed by atoms with Crippen LogP contribution in [0.2, 0.25) is 0 Å². The largest absolute Gasteiger partial charge is 0.508 e. The molecule has 1 aliphatic heterocycles. The Morgan fingerprint density at radius 1 is 1.20 bits per heavy atom. The molecule has 1 aromatic rings. The van der Waals surface area contributed by atoms with Crippen molar-refractivity contribution in [3.63, 3.8) is 0 Å². The molecule has 0 unspecified atom stereocenters. The van der Waals surface area contributed by atoms with Gasteiger partial charge < -0.3 is 14.6 Å². The summed E-state index contributed by atoms with van der Waals surface area (Å²) >= 11 is 0. The van der Waals surface area contributed by atoms with E-state index in [1.165, 1.54) is 18.2 Å². The van der Waals surface area contributed by atoms with E-state index in [1.54, 1.807) is 18.2 Å². The Morgan fingerprint density at radius 2 is 1.90 bits per heavy atom. The van der Waals surface area contributed by atoms with Crippen molar-refractivity contribution in [2.24, 2.45) is 0 Å². The highest BCUT2D eigenvalue weighted by molar-refractivity contribution is 5.77. The third-order valence-electron chi connectivity index (χ3n) is 2.34. The quantitative estimate of drug-likeness (QED) is 0.608. The summed E-state index contributed by atoms with van der Waals surface area (Å²) in [5.74, 6) is -0.304. The number of aromatic hydroxyl groups is 1. The molecule has 1 heterocycles. The maximum absolute atomic E-state index is 11.1. The Labute approximate surface area is 113 Å². The summed E-state index contributed by atoms with van der Waals surface area (Å²) in [6, 6.07) is 9.12. The van der Waals surface area contributed by atoms with Gasteiger partial charge in [-0.05, 0) is 24.3 Å². The minimum Gasteiger partial charge on any atom is -0.508 e. The van der Waals surface area contributed by atoms with Crippen LogP contribution < -0.4 is 5.43 Å². The molecule has 6 heteroatoms. The molecule has 0 spiro atoms. The first kappa shape index (κ1) is 13.5. The summed E-state index contributed by atoms with van der Waals surface area (Å²) < 4.78 is 5.49. The van der Waals surface area contributed by atoms with E-state index in [4.69, 9.17) is 14.3 Å². The highest BCUT2D eigenvalue weighted by Crippen LogP contribution is 2.25. The first-order valence-corrected chi connectivity index (χ1v) is 5.69. The Bertz CT molecular complexity index is 789. The van der Waals surface area contributed by atoms with Gasteiger partial charge >= 0.3 is 0 Å². The second-order valence-electron chi connectivity index (χ2n) is 4.01. The van der Waals surface area contributed by atoms with Gasteiger partial charge in [0.15, 0.2) is 16.8 Å². The molecule has 6 nitrogen and oxygen atoms in total. The zero-order chi connectivity index (χ0) is 14.7. The molecule has 102 valence electrons. The second-order valence-corrected chi connectivity index (χ2v) is 4.01. The van der Waals surface area contributed by atoms with E-state index >= 15 is 0 Å². The maximum atomic E-state index is 11.1. The lowest BCUT2D eigenvalue weighted by Gasteiger charge is -2.05. The van der Waals surface area contributed by atoms with Gasteiger partial charge in [-0.3, -0.25) is 9.59 Å². The van der Waals surface area contributed by atoms with Crippen molar-refractivity contribution >= 4 is 17.1 Å². The number of hydrogen-bond donors (Lipinski definition) is 2. The number of carboxylic acids is 1. The topological polar surface area (TPSA) is 101 Å². The van der Waals surface area contributed by atoms with Gasteiger partial charge in [-0.25, -0.2) is 4.98 Å². The van der Waals surface area contributed by atoms with Crippen molar-refractivity contribution in [2.75, 3.05) is 0 Å². The number of rotatable bonds is 0. The third-order valence-corrected chi connectivity index (χ3v) is 2.34. The molecule has 0 bridgehead atoms. The lowest BCUT2D eigenvalue weighted by Crippen LogP contribution is -1.99. The van der Waals surface area contributed by atoms with Crippen LogP contribution in [0.5, 0.6) is 5.75 Å². The van der Waals surface area contributed by atoms with Crippen LogP contribution in [0.15, 0.2) is 45.6 Å². The van der Waals surface area contributed by atoms with Crippen LogP contribution in [0.1, 0.15) is 6.92 Å². The number of phenolic OH excluding ortho intramolecular Hbond substituents is 1. The number of carbonyl (C=O) groups is 1. The van der Waals surface area contributed by atoms with Crippen molar-refractivity contribution in [3.8, 4) is 17.2 Å². The van der Waals surface area contributed by atoms with Crippen LogP contribution in [0.4, 0.5) is 0 Å². The van der Waals surface area contributed by atoms with Crippen LogP contribution in [-0.4, -0.2) is 21.2 Å². The summed E-state index contributed by atoms with van der Waals surface area (Å²) in [6.45, 7) is 1.08. The molecule has 20 heavy (non-hydrogen) atoms. The summed E-state index contributed by atoms with van der Waals surface area (Å²) in [5.41, 5.74) is 1.59. The van der Waals surface area contributed by atoms with Gasteiger partial charge in [0.2, 0.25) is 0 Å². The van der Waals surface area contributed by atoms with Crippen LogP contribution in [0.25, 0.3) is 22.6 Å². The van der Waals surface area contributed by atoms with Crippen molar-refractivity contribution in [1.29, 1.82) is 0 Å². The number of fused-ring (bicyclic) bond motifs is 2. The Balaban J connectivity index is 0.000000328. The molecular weight excluding hydrogens is 262 g/mol. The SMILES string of the molecule is CC(=O)O.O=c1ccc2nc3ccc(O)cc3oc-2c1. The van der Waals surface area contributed by atoms with Gasteiger partial charge in [-0.1, -0.05) is 0 Å². The average molecular weight is 273 g/mol. The van der Waals surface area contributed by atoms with Crippen LogP contribution in [0, 0.1) is 0 Å². The van der Waals surface area contributed by atoms with E-state index < -0.39 is 5.97 Å². The summed E-state index contributed by atoms with van der Waals surface area (Å²) in [5, 5.41) is 16.7. The first-order chi connectivity index (χ1) is 9.45. The van der Waals surface area contributed by atoms with Crippen LogP contribution >= 0.6 is 0 Å². The van der Waals surface area contributed by atoms with Crippen molar-refractivity contribution in [3.05, 3.63) is 46.6 Å². The lowest BCUT2D eigenvalue weighted by atomic mass is 10.2. The average Bonchev–Trinajstić information content (AvgIpc) is 2.35. The molecule has 0 atom stereocenters. The van der Waals surface area contributed by atoms with Gasteiger partial charge in [0, 0.05) is 19.1 Å². The van der Waals surface area contributed by atoms with E-state index in [0.29, 0.717) is 22.6 Å². The molecule has 0 amide bonds. The summed E-state index contributed by atoms with van der Waals surface area (Å²) in [7, 11) is 0. The van der Waals surface area contributed by atoms with Gasteiger partial charge in [0.05, 0.1) is 0 Å². The number of nitrogens with zero attached hydrogens (tertiary/aromatic N) is 1. The summed E-state index contributed by atoms with van der Waals surface area (Å²) in [6.07, 6.45) is 0. The predicted molar refractivity (Wildman–Crippen MR) is 71.9 cm³/mol. The second kappa shape index (κ2) is 5.40. The van der Waals surface area contributed by atoms with Crippen molar-refractivity contribution in [2.45, 2.75) is 6.92 Å². The fraction of sp³-hybridized carbons (Fsp3) is 0.0714. The molecule has 0 radical (unpaired) electrons. The molecule has 1 aromatic carbocycles. The van der Waals surface area contributed by atoms with E-state index in [1.807, 2.05) is 0 Å². The van der Waals surface area contributed by atoms with Gasteiger partial charge in [-0.2, -0.15) is 0 Å². The smallest absolute Gasteiger partial charge is 0.300 e. The minimum absolute atomic E-state index is 0.107. The monoisotopic (exact) mass is 273 g/mol. The van der Waals surface area contributed by atoms with Crippen LogP contribution in [0.3, 0.4) is 0 Å². The van der Waals surface area contributed by atoms with Gasteiger partial charge in [0.1, 0.15) is 17.0 Å². The molecule has 0 saturated heterocycles. The summed E-state index contributed by atoms with van der Waals surface area (Å²) in [4.78, 5) is 24.5. The fourth-order valence-corrected chi connectivity index (χ4v) is 1.59. The lowest BCUT2D eigenvalue weighted by molar-refractivity contribution is -0.134. The maximum Gasteiger partial charge on any atom is 0.300 e. The van der Waals surface area contributed by atoms with E-state index in [2.05, 4.69) is 4.98 Å². The Hall–Kier alpha value is -2.89. The highest BCUT2D eigenvalue weighted by Gasteiger charge is 2.08. The molecular formula is C14H11NO5. The Morgan fingerprint density at radius 3 is 2.60 bits per heavy atom. The number of hydrogen-bond acceptors (Lipinski definition) is 5. The molecule has 0 saturated carbocycles. The fourth-order valence-electron chi connectivity index (χ4n) is 1.59. The zero-order valence-electron chi connectivity index (χ0n) is 10.5. The van der Waals surface area contributed by atoms with Crippen molar-refractivity contribution < 1.29 is 19.4 Å². The number of phenols is 1. The van der Waals surface area contributed by atoms with Crippen molar-refractivity contribution in [1.82, 2.24) is 4.98 Å². The molecule has 2 aliphatic rings. The van der Waals surface area contributed by atoms with Gasteiger partial charge in [0.25, 0.3) is 5.97 Å². The third kappa shape index (κ3) is 3.11. The molecule has 3 rings (SSSR count). The number of carboxylic acid groups (broad SMARTS) is 1. The number of aliphatic carboxylic acids is 1. The molecule has 2 N–H and O–H groups in total. The minimum atomic E-state index is -0.833. The molecule has 0 fully saturated rings. The standard InChI is InChI=1S/C12H7NO3.C2H4O2/c14-7-1-3-9-11(5-7)16-12-6-8(15)2-4-10(12)13-9;1-2(3)4/h1-6,14H;1H3,(H,3,4). The Kier molecular flexibility index (Phi) is 3.65. The molecule has 0 aromatic heterocycles. The van der Waals surface area contributed by atoms with E-state index in [-0.39, 0.29) is 11.2 Å². The first-order valence-electron chi connectivity index (χ1n) is 5.69. The highest BCUT2D eigenvalue weighted by atomic mass is 16.4. The van der Waals surface area contributed by atoms with Crippen LogP contribution in [-0.2, 0) is 4.79 Å². The zero-order valence-corrected chi connectivity index (χ0v) is 10.5.